The Balaban J connectivity index is 2.96. The number of carbonyl (C=O) groups excluding carboxylic acids is 2. The van der Waals surface area contributed by atoms with Crippen molar-refractivity contribution in [3.63, 3.8) is 0 Å². The molecule has 0 atom stereocenters. The van der Waals surface area contributed by atoms with Gasteiger partial charge in [0.2, 0.25) is 0 Å². The van der Waals surface area contributed by atoms with Gasteiger partial charge in [-0.3, -0.25) is 0 Å². The lowest BCUT2D eigenvalue weighted by Crippen LogP contribution is -2.04. The standard InChI is InChI=1S/C14H14ClNO4/c1-3-19-14(18)9-8-13(16-20-10(2)17)11-4-6-12(15)7-5-11/h4-9H,3H2,1-2H3/b9-8+,16-13+. The predicted octanol–water partition coefficient (Wildman–Crippen LogP) is 2.73. The summed E-state index contributed by atoms with van der Waals surface area (Å²) in [5.41, 5.74) is 0.959. The van der Waals surface area contributed by atoms with E-state index in [4.69, 9.17) is 16.3 Å². The van der Waals surface area contributed by atoms with E-state index in [-0.39, 0.29) is 6.61 Å². The smallest absolute Gasteiger partial charge is 0.332 e. The van der Waals surface area contributed by atoms with Crippen molar-refractivity contribution in [3.8, 4) is 0 Å². The molecule has 5 nitrogen and oxygen atoms in total. The monoisotopic (exact) mass is 295 g/mol. The fourth-order valence-electron chi connectivity index (χ4n) is 1.25. The summed E-state index contributed by atoms with van der Waals surface area (Å²) in [6.45, 7) is 3.22. The first-order chi connectivity index (χ1) is 9.52. The Bertz CT molecular complexity index is 535. The van der Waals surface area contributed by atoms with Crippen molar-refractivity contribution in [1.29, 1.82) is 0 Å². The van der Waals surface area contributed by atoms with Gasteiger partial charge in [0.15, 0.2) is 0 Å². The van der Waals surface area contributed by atoms with Crippen LogP contribution in [0.3, 0.4) is 0 Å². The van der Waals surface area contributed by atoms with Crippen molar-refractivity contribution in [2.75, 3.05) is 6.61 Å². The Morgan fingerprint density at radius 1 is 1.25 bits per heavy atom. The van der Waals surface area contributed by atoms with Crippen LogP contribution < -0.4 is 0 Å². The van der Waals surface area contributed by atoms with Crippen molar-refractivity contribution in [2.45, 2.75) is 13.8 Å². The molecule has 0 aliphatic carbocycles. The minimum absolute atomic E-state index is 0.278. The van der Waals surface area contributed by atoms with E-state index in [2.05, 4.69) is 9.99 Å². The van der Waals surface area contributed by atoms with Crippen LogP contribution in [-0.4, -0.2) is 24.3 Å². The van der Waals surface area contributed by atoms with Gasteiger partial charge in [0.1, 0.15) is 5.71 Å². The molecule has 0 heterocycles. The van der Waals surface area contributed by atoms with Gasteiger partial charge < -0.3 is 9.57 Å². The zero-order valence-corrected chi connectivity index (χ0v) is 11.9. The molecule has 0 aromatic heterocycles. The summed E-state index contributed by atoms with van der Waals surface area (Å²) in [5, 5.41) is 4.25. The van der Waals surface area contributed by atoms with Crippen molar-refractivity contribution in [3.05, 3.63) is 47.0 Å². The number of carbonyl (C=O) groups is 2. The number of allylic oxidation sites excluding steroid dienone is 1. The molecular weight excluding hydrogens is 282 g/mol. The molecule has 0 bridgehead atoms. The highest BCUT2D eigenvalue weighted by molar-refractivity contribution is 6.30. The van der Waals surface area contributed by atoms with Crippen LogP contribution in [0.1, 0.15) is 19.4 Å². The maximum atomic E-state index is 11.3. The van der Waals surface area contributed by atoms with Gasteiger partial charge in [0.25, 0.3) is 0 Å². The number of ether oxygens (including phenoxy) is 1. The first-order valence-electron chi connectivity index (χ1n) is 5.89. The van der Waals surface area contributed by atoms with E-state index in [0.717, 1.165) is 0 Å². The SMILES string of the molecule is CCOC(=O)/C=C/C(=N\OC(C)=O)c1ccc(Cl)cc1. The van der Waals surface area contributed by atoms with Crippen LogP contribution in [0.25, 0.3) is 0 Å². The first-order valence-corrected chi connectivity index (χ1v) is 6.27. The lowest BCUT2D eigenvalue weighted by atomic mass is 10.1. The highest BCUT2D eigenvalue weighted by Crippen LogP contribution is 2.11. The molecule has 0 aliphatic heterocycles. The third kappa shape index (κ3) is 5.67. The average molecular weight is 296 g/mol. The molecule has 0 unspecified atom stereocenters. The molecule has 0 radical (unpaired) electrons. The van der Waals surface area contributed by atoms with E-state index in [1.165, 1.54) is 19.1 Å². The van der Waals surface area contributed by atoms with Gasteiger partial charge in [0.05, 0.1) is 6.61 Å². The average Bonchev–Trinajstić information content (AvgIpc) is 2.40. The molecule has 20 heavy (non-hydrogen) atoms. The zero-order chi connectivity index (χ0) is 15.0. The summed E-state index contributed by atoms with van der Waals surface area (Å²) in [6, 6.07) is 6.72. The Morgan fingerprint density at radius 3 is 2.45 bits per heavy atom. The topological polar surface area (TPSA) is 65.0 Å². The van der Waals surface area contributed by atoms with Crippen molar-refractivity contribution in [1.82, 2.24) is 0 Å². The molecule has 6 heteroatoms. The van der Waals surface area contributed by atoms with Gasteiger partial charge in [-0.25, -0.2) is 9.59 Å². The molecule has 1 aromatic rings. The summed E-state index contributed by atoms with van der Waals surface area (Å²) < 4.78 is 4.76. The lowest BCUT2D eigenvalue weighted by molar-refractivity contribution is -0.141. The Morgan fingerprint density at radius 2 is 1.90 bits per heavy atom. The van der Waals surface area contributed by atoms with E-state index in [0.29, 0.717) is 16.3 Å². The van der Waals surface area contributed by atoms with Crippen LogP contribution in [0.15, 0.2) is 41.6 Å². The number of esters is 1. The van der Waals surface area contributed by atoms with Gasteiger partial charge in [-0.2, -0.15) is 0 Å². The summed E-state index contributed by atoms with van der Waals surface area (Å²) in [5.74, 6) is -1.06. The van der Waals surface area contributed by atoms with Gasteiger partial charge in [-0.05, 0) is 25.1 Å². The van der Waals surface area contributed by atoms with E-state index in [1.807, 2.05) is 0 Å². The van der Waals surface area contributed by atoms with Crippen LogP contribution in [-0.2, 0) is 19.2 Å². The Kier molecular flexibility index (Phi) is 6.46. The van der Waals surface area contributed by atoms with Gasteiger partial charge in [-0.15, -0.1) is 0 Å². The molecule has 0 saturated heterocycles. The van der Waals surface area contributed by atoms with Crippen LogP contribution in [0, 0.1) is 0 Å². The van der Waals surface area contributed by atoms with Gasteiger partial charge in [0, 0.05) is 23.6 Å². The van der Waals surface area contributed by atoms with Crippen molar-refractivity contribution in [2.24, 2.45) is 5.16 Å². The molecular formula is C14H14ClNO4. The van der Waals surface area contributed by atoms with Crippen LogP contribution in [0.4, 0.5) is 0 Å². The third-order valence-electron chi connectivity index (χ3n) is 2.08. The van der Waals surface area contributed by atoms with Crippen molar-refractivity contribution < 1.29 is 19.2 Å². The summed E-state index contributed by atoms with van der Waals surface area (Å²) in [4.78, 5) is 26.7. The second-order valence-electron chi connectivity index (χ2n) is 3.65. The number of benzene rings is 1. The molecule has 0 aliphatic rings. The second kappa shape index (κ2) is 8.12. The summed E-state index contributed by atoms with van der Waals surface area (Å²) in [7, 11) is 0. The molecule has 106 valence electrons. The highest BCUT2D eigenvalue weighted by atomic mass is 35.5. The fourth-order valence-corrected chi connectivity index (χ4v) is 1.38. The van der Waals surface area contributed by atoms with E-state index in [1.54, 1.807) is 31.2 Å². The summed E-state index contributed by atoms with van der Waals surface area (Å²) >= 11 is 5.80. The van der Waals surface area contributed by atoms with Crippen molar-refractivity contribution >= 4 is 29.3 Å². The van der Waals surface area contributed by atoms with Gasteiger partial charge >= 0.3 is 11.9 Å². The number of nitrogens with zero attached hydrogens (tertiary/aromatic N) is 1. The maximum absolute atomic E-state index is 11.3. The normalized spacial score (nSPS) is 11.4. The fraction of sp³-hybridized carbons (Fsp3) is 0.214. The van der Waals surface area contributed by atoms with Gasteiger partial charge in [-0.1, -0.05) is 28.9 Å². The number of hydrogen-bond acceptors (Lipinski definition) is 5. The van der Waals surface area contributed by atoms with E-state index in [9.17, 15) is 9.59 Å². The van der Waals surface area contributed by atoms with Crippen LogP contribution in [0.2, 0.25) is 5.02 Å². The largest absolute Gasteiger partial charge is 0.463 e. The molecule has 0 N–H and O–H groups in total. The molecule has 1 aromatic carbocycles. The minimum Gasteiger partial charge on any atom is -0.463 e. The number of rotatable bonds is 5. The third-order valence-corrected chi connectivity index (χ3v) is 2.33. The number of oxime groups is 1. The quantitative estimate of drug-likeness (QED) is 0.275. The lowest BCUT2D eigenvalue weighted by Gasteiger charge is -2.01. The molecule has 0 amide bonds. The van der Waals surface area contributed by atoms with Crippen LogP contribution in [0.5, 0.6) is 0 Å². The van der Waals surface area contributed by atoms with Crippen LogP contribution >= 0.6 is 11.6 Å². The minimum atomic E-state index is -0.555. The Labute approximate surface area is 121 Å². The second-order valence-corrected chi connectivity index (χ2v) is 4.09. The maximum Gasteiger partial charge on any atom is 0.332 e. The molecule has 0 saturated carbocycles. The highest BCUT2D eigenvalue weighted by Gasteiger charge is 2.04. The van der Waals surface area contributed by atoms with E-state index >= 15 is 0 Å². The molecule has 0 fully saturated rings. The first kappa shape index (κ1) is 15.9. The summed E-state index contributed by atoms with van der Waals surface area (Å²) in [6.07, 6.45) is 2.62. The molecule has 1 rings (SSSR count). The zero-order valence-electron chi connectivity index (χ0n) is 11.1. The Hall–Kier alpha value is -2.14. The van der Waals surface area contributed by atoms with E-state index < -0.39 is 11.9 Å². The predicted molar refractivity (Wildman–Crippen MR) is 75.5 cm³/mol. The number of hydrogen-bond donors (Lipinski definition) is 0. The number of halogens is 1. The molecule has 0 spiro atoms.